The molecule has 2 aromatic rings. The number of likely N-dealkylation sites (tertiary alicyclic amines) is 1. The summed E-state index contributed by atoms with van der Waals surface area (Å²) in [6.45, 7) is 13.7. The van der Waals surface area contributed by atoms with Gasteiger partial charge in [0.2, 0.25) is 0 Å². The van der Waals surface area contributed by atoms with Crippen LogP contribution in [0.5, 0.6) is 0 Å². The molecule has 3 rings (SSSR count). The average molecular weight is 548 g/mol. The first-order valence-electron chi connectivity index (χ1n) is 10.7. The fraction of sp³-hybridized carbons (Fsp3) is 0.538. The van der Waals surface area contributed by atoms with Crippen LogP contribution >= 0.6 is 27.5 Å². The van der Waals surface area contributed by atoms with Crippen molar-refractivity contribution in [2.24, 2.45) is 11.3 Å². The van der Waals surface area contributed by atoms with Crippen molar-refractivity contribution in [2.45, 2.75) is 60.0 Å². The summed E-state index contributed by atoms with van der Waals surface area (Å²) in [7, 11) is 0. The van der Waals surface area contributed by atoms with Crippen molar-refractivity contribution in [1.29, 1.82) is 0 Å². The van der Waals surface area contributed by atoms with Crippen molar-refractivity contribution in [1.82, 2.24) is 10.2 Å². The lowest BCUT2D eigenvalue weighted by Gasteiger charge is -2.46. The highest BCUT2D eigenvalue weighted by Crippen LogP contribution is 2.42. The molecule has 0 unspecified atom stereocenters. The Kier molecular flexibility index (Phi) is 15.6. The Hall–Kier alpha value is -0.990. The molecule has 1 fully saturated rings. The van der Waals surface area contributed by atoms with Crippen LogP contribution in [0.1, 0.15) is 58.6 Å². The minimum absolute atomic E-state index is 0. The van der Waals surface area contributed by atoms with E-state index in [9.17, 15) is 0 Å². The van der Waals surface area contributed by atoms with E-state index in [0.29, 0.717) is 17.9 Å². The first kappa shape index (κ1) is 34.2. The zero-order chi connectivity index (χ0) is 21.0. The van der Waals surface area contributed by atoms with Gasteiger partial charge in [-0.15, -0.1) is 0 Å². The quantitative estimate of drug-likeness (QED) is 0.532. The van der Waals surface area contributed by atoms with Crippen LogP contribution in [0.4, 0.5) is 0 Å². The molecular formula is C26H44BrClN2O3. The smallest absolute Gasteiger partial charge is 0.0406 e. The van der Waals surface area contributed by atoms with Crippen molar-refractivity contribution in [2.75, 3.05) is 19.6 Å². The monoisotopic (exact) mass is 546 g/mol. The first-order chi connectivity index (χ1) is 13.8. The molecule has 7 N–H and O–H groups in total. The molecule has 0 aliphatic carbocycles. The Bertz CT molecular complexity index is 802. The van der Waals surface area contributed by atoms with Crippen molar-refractivity contribution in [3.8, 4) is 0 Å². The third-order valence-electron chi connectivity index (χ3n) is 6.35. The SMILES string of the molecule is C.CC(C)[C@H](CN1CC[C@H](c2ccc(Cl)cc2)C(C)(C)C1)NCc1ccccc1Br.O.O.O. The second kappa shape index (κ2) is 15.1. The molecule has 5 nitrogen and oxygen atoms in total. The Morgan fingerprint density at radius 1 is 1.06 bits per heavy atom. The van der Waals surface area contributed by atoms with Gasteiger partial charge in [-0.2, -0.15) is 0 Å². The molecule has 33 heavy (non-hydrogen) atoms. The van der Waals surface area contributed by atoms with Gasteiger partial charge >= 0.3 is 0 Å². The third-order valence-corrected chi connectivity index (χ3v) is 7.38. The lowest BCUT2D eigenvalue weighted by molar-refractivity contribution is 0.0791. The van der Waals surface area contributed by atoms with E-state index in [2.05, 4.69) is 90.2 Å². The molecular weight excluding hydrogens is 504 g/mol. The zero-order valence-corrected chi connectivity index (χ0v) is 21.9. The molecule has 190 valence electrons. The number of benzene rings is 2. The van der Waals surface area contributed by atoms with Crippen LogP contribution in [0.25, 0.3) is 0 Å². The maximum Gasteiger partial charge on any atom is 0.0406 e. The van der Waals surface area contributed by atoms with E-state index in [1.54, 1.807) is 0 Å². The minimum atomic E-state index is 0. The van der Waals surface area contributed by atoms with Crippen molar-refractivity contribution < 1.29 is 16.4 Å². The van der Waals surface area contributed by atoms with E-state index in [4.69, 9.17) is 11.6 Å². The van der Waals surface area contributed by atoms with Crippen LogP contribution in [-0.2, 0) is 6.54 Å². The predicted molar refractivity (Wildman–Crippen MR) is 146 cm³/mol. The molecule has 2 atom stereocenters. The highest BCUT2D eigenvalue weighted by atomic mass is 79.9. The molecule has 2 aromatic carbocycles. The summed E-state index contributed by atoms with van der Waals surface area (Å²) >= 11 is 9.77. The fourth-order valence-corrected chi connectivity index (χ4v) is 5.16. The molecule has 0 amide bonds. The van der Waals surface area contributed by atoms with E-state index >= 15 is 0 Å². The molecule has 1 heterocycles. The number of nitrogens with zero attached hydrogens (tertiary/aromatic N) is 1. The van der Waals surface area contributed by atoms with Gasteiger partial charge in [-0.1, -0.05) is 93.0 Å². The molecule has 1 aliphatic rings. The number of halogens is 2. The normalized spacial score (nSPS) is 18.2. The molecule has 1 aliphatic heterocycles. The number of nitrogens with one attached hydrogen (secondary N) is 1. The zero-order valence-electron chi connectivity index (χ0n) is 19.6. The molecule has 0 aromatic heterocycles. The van der Waals surface area contributed by atoms with Gasteiger partial charge in [0.25, 0.3) is 0 Å². The first-order valence-corrected chi connectivity index (χ1v) is 11.9. The summed E-state index contributed by atoms with van der Waals surface area (Å²) in [4.78, 5) is 2.66. The second-order valence-corrected chi connectivity index (χ2v) is 10.7. The van der Waals surface area contributed by atoms with Gasteiger partial charge < -0.3 is 26.6 Å². The van der Waals surface area contributed by atoms with Gasteiger partial charge in [0.15, 0.2) is 0 Å². The Morgan fingerprint density at radius 2 is 1.67 bits per heavy atom. The summed E-state index contributed by atoms with van der Waals surface area (Å²) in [6, 6.07) is 17.4. The number of hydrogen-bond acceptors (Lipinski definition) is 2. The van der Waals surface area contributed by atoms with Crippen LogP contribution in [-0.4, -0.2) is 47.0 Å². The summed E-state index contributed by atoms with van der Waals surface area (Å²) in [5, 5.41) is 4.63. The summed E-state index contributed by atoms with van der Waals surface area (Å²) < 4.78 is 1.18. The predicted octanol–water partition coefficient (Wildman–Crippen LogP) is 4.89. The maximum absolute atomic E-state index is 6.10. The van der Waals surface area contributed by atoms with E-state index in [1.165, 1.54) is 22.0 Å². The Balaban J connectivity index is 0. The molecule has 0 spiro atoms. The maximum atomic E-state index is 6.10. The average Bonchev–Trinajstić information content (AvgIpc) is 2.66. The van der Waals surface area contributed by atoms with Crippen molar-refractivity contribution >= 4 is 27.5 Å². The van der Waals surface area contributed by atoms with Crippen LogP contribution in [0, 0.1) is 11.3 Å². The van der Waals surface area contributed by atoms with Gasteiger partial charge in [-0.05, 0) is 59.5 Å². The number of piperidine rings is 1. The number of rotatable bonds is 7. The highest BCUT2D eigenvalue weighted by molar-refractivity contribution is 9.10. The van der Waals surface area contributed by atoms with Gasteiger partial charge in [0, 0.05) is 35.2 Å². The summed E-state index contributed by atoms with van der Waals surface area (Å²) in [5.74, 6) is 1.18. The van der Waals surface area contributed by atoms with Gasteiger partial charge in [-0.25, -0.2) is 0 Å². The van der Waals surface area contributed by atoms with Gasteiger partial charge in [0.05, 0.1) is 0 Å². The van der Waals surface area contributed by atoms with E-state index < -0.39 is 0 Å². The topological polar surface area (TPSA) is 110 Å². The van der Waals surface area contributed by atoms with Crippen LogP contribution in [0.15, 0.2) is 53.0 Å². The van der Waals surface area contributed by atoms with Gasteiger partial charge in [-0.3, -0.25) is 0 Å². The van der Waals surface area contributed by atoms with Gasteiger partial charge in [0.1, 0.15) is 0 Å². The van der Waals surface area contributed by atoms with Crippen molar-refractivity contribution in [3.63, 3.8) is 0 Å². The molecule has 1 saturated heterocycles. The van der Waals surface area contributed by atoms with E-state index in [1.807, 2.05) is 12.1 Å². The molecule has 0 radical (unpaired) electrons. The fourth-order valence-electron chi connectivity index (χ4n) is 4.61. The minimum Gasteiger partial charge on any atom is -0.412 e. The lowest BCUT2D eigenvalue weighted by atomic mass is 9.70. The largest absolute Gasteiger partial charge is 0.412 e. The molecule has 7 heteroatoms. The number of hydrogen-bond donors (Lipinski definition) is 1. The Morgan fingerprint density at radius 3 is 2.21 bits per heavy atom. The second-order valence-electron chi connectivity index (χ2n) is 9.44. The standard InChI is InChI=1S/C25H34BrClN2.CH4.3H2O/c1-18(2)24(28-15-20-7-5-6-8-23(20)26)16-29-14-13-22(25(3,4)17-29)19-9-11-21(27)12-10-19;;;;/h5-12,18,22,24,28H,13-17H2,1-4H3;1H4;3*1H2/t22-,24+;;;;/m1..../s1. The van der Waals surface area contributed by atoms with Crippen LogP contribution in [0.2, 0.25) is 5.02 Å². The molecule has 0 bridgehead atoms. The highest BCUT2D eigenvalue weighted by Gasteiger charge is 2.37. The molecule has 0 saturated carbocycles. The van der Waals surface area contributed by atoms with Crippen molar-refractivity contribution in [3.05, 3.63) is 69.2 Å². The third kappa shape index (κ3) is 9.29. The van der Waals surface area contributed by atoms with Crippen LogP contribution in [0.3, 0.4) is 0 Å². The Labute approximate surface area is 214 Å². The summed E-state index contributed by atoms with van der Waals surface area (Å²) in [6.07, 6.45) is 1.20. The van der Waals surface area contributed by atoms with E-state index in [0.717, 1.165) is 31.2 Å². The van der Waals surface area contributed by atoms with Crippen LogP contribution < -0.4 is 5.32 Å². The van der Waals surface area contributed by atoms with E-state index in [-0.39, 0.29) is 29.3 Å². The summed E-state index contributed by atoms with van der Waals surface area (Å²) in [5.41, 5.74) is 2.99. The lowest BCUT2D eigenvalue weighted by Crippen LogP contribution is -2.51.